The third kappa shape index (κ3) is 2.97. The van der Waals surface area contributed by atoms with Crippen LogP contribution < -0.4 is 4.90 Å². The first kappa shape index (κ1) is 15.4. The molecule has 0 spiro atoms. The lowest BCUT2D eigenvalue weighted by Crippen LogP contribution is -2.62. The first-order chi connectivity index (χ1) is 12.4. The Hall–Kier alpha value is -1.81. The summed E-state index contributed by atoms with van der Waals surface area (Å²) >= 11 is 0. The van der Waals surface area contributed by atoms with Crippen molar-refractivity contribution >= 4 is 6.01 Å². The Bertz CT molecular complexity index is 686. The standard InChI is InChI=1S/C21H27N3O/c1-2-5-16(6-3-1)12-19-7-4-8-20-18-11-17(14-24(19)20)13-23(15-18)21-22-9-10-25-21/h1-3,5-6,9-10,17-20H,4,7-8,11-15H2/t17-,18+,19+,20-/m0/s1. The van der Waals surface area contributed by atoms with Crippen LogP contribution in [-0.4, -0.2) is 41.6 Å². The summed E-state index contributed by atoms with van der Waals surface area (Å²) < 4.78 is 5.58. The topological polar surface area (TPSA) is 32.5 Å². The van der Waals surface area contributed by atoms with Crippen LogP contribution >= 0.6 is 0 Å². The molecule has 0 unspecified atom stereocenters. The molecule has 4 heteroatoms. The molecule has 4 atom stereocenters. The molecule has 3 aliphatic rings. The Kier molecular flexibility index (Phi) is 4.01. The molecule has 4 heterocycles. The normalized spacial score (nSPS) is 32.4. The Morgan fingerprint density at radius 1 is 1.08 bits per heavy atom. The van der Waals surface area contributed by atoms with E-state index in [-0.39, 0.29) is 0 Å². The summed E-state index contributed by atoms with van der Waals surface area (Å²) in [4.78, 5) is 9.65. The summed E-state index contributed by atoms with van der Waals surface area (Å²) in [7, 11) is 0. The minimum absolute atomic E-state index is 0.722. The fraction of sp³-hybridized carbons (Fsp3) is 0.571. The van der Waals surface area contributed by atoms with Crippen molar-refractivity contribution < 1.29 is 4.42 Å². The molecular formula is C21H27N3O. The van der Waals surface area contributed by atoms with Crippen molar-refractivity contribution in [1.82, 2.24) is 9.88 Å². The molecule has 2 bridgehead atoms. The summed E-state index contributed by atoms with van der Waals surface area (Å²) in [5.41, 5.74) is 1.49. The highest BCUT2D eigenvalue weighted by atomic mass is 16.4. The molecule has 2 aromatic rings. The molecule has 5 rings (SSSR count). The summed E-state index contributed by atoms with van der Waals surface area (Å²) in [6.07, 6.45) is 10.1. The van der Waals surface area contributed by atoms with Gasteiger partial charge in [-0.1, -0.05) is 36.8 Å². The molecule has 25 heavy (non-hydrogen) atoms. The summed E-state index contributed by atoms with van der Waals surface area (Å²) in [5.74, 6) is 1.51. The van der Waals surface area contributed by atoms with E-state index in [0.717, 1.165) is 43.0 Å². The third-order valence-electron chi connectivity index (χ3n) is 6.52. The van der Waals surface area contributed by atoms with Crippen LogP contribution in [0.2, 0.25) is 0 Å². The molecule has 3 fully saturated rings. The maximum absolute atomic E-state index is 5.58. The number of hydrogen-bond donors (Lipinski definition) is 0. The highest BCUT2D eigenvalue weighted by Gasteiger charge is 2.45. The first-order valence-corrected chi connectivity index (χ1v) is 9.81. The molecule has 3 saturated heterocycles. The molecule has 0 saturated carbocycles. The van der Waals surface area contributed by atoms with Gasteiger partial charge in [-0.15, -0.1) is 0 Å². The second-order valence-corrected chi connectivity index (χ2v) is 8.12. The zero-order valence-electron chi connectivity index (χ0n) is 14.8. The monoisotopic (exact) mass is 337 g/mol. The molecular weight excluding hydrogens is 310 g/mol. The van der Waals surface area contributed by atoms with Gasteiger partial charge in [0, 0.05) is 31.7 Å². The predicted octanol–water partition coefficient (Wildman–Crippen LogP) is 3.60. The quantitative estimate of drug-likeness (QED) is 0.857. The predicted molar refractivity (Wildman–Crippen MR) is 98.6 cm³/mol. The zero-order valence-corrected chi connectivity index (χ0v) is 14.8. The number of hydrogen-bond acceptors (Lipinski definition) is 4. The van der Waals surface area contributed by atoms with Gasteiger partial charge in [-0.2, -0.15) is 0 Å². The summed E-state index contributed by atoms with van der Waals surface area (Å²) in [5, 5.41) is 0. The van der Waals surface area contributed by atoms with Crippen LogP contribution in [0.15, 0.2) is 47.2 Å². The molecule has 0 aliphatic carbocycles. The van der Waals surface area contributed by atoms with Crippen molar-refractivity contribution in [2.24, 2.45) is 11.8 Å². The highest BCUT2D eigenvalue weighted by molar-refractivity contribution is 5.27. The van der Waals surface area contributed by atoms with E-state index in [4.69, 9.17) is 4.42 Å². The van der Waals surface area contributed by atoms with Crippen LogP contribution in [0.5, 0.6) is 0 Å². The molecule has 3 aliphatic heterocycles. The lowest BCUT2D eigenvalue weighted by atomic mass is 9.74. The van der Waals surface area contributed by atoms with Gasteiger partial charge in [0.15, 0.2) is 0 Å². The number of nitrogens with zero attached hydrogens (tertiary/aromatic N) is 3. The molecule has 4 nitrogen and oxygen atoms in total. The molecule has 1 aromatic heterocycles. The van der Waals surface area contributed by atoms with Crippen LogP contribution in [0.4, 0.5) is 6.01 Å². The number of piperidine rings is 3. The van der Waals surface area contributed by atoms with Crippen molar-refractivity contribution in [2.45, 2.75) is 44.2 Å². The SMILES string of the molecule is c1ccc(C[C@H]2CCC[C@H]3[C@@H]4C[C@@H](CN(c5ncco5)C4)CN23)cc1. The lowest BCUT2D eigenvalue weighted by molar-refractivity contribution is -0.0193. The Balaban J connectivity index is 1.33. The van der Waals surface area contributed by atoms with E-state index in [0.29, 0.717) is 0 Å². The first-order valence-electron chi connectivity index (χ1n) is 9.81. The number of benzene rings is 1. The van der Waals surface area contributed by atoms with Gasteiger partial charge in [0.2, 0.25) is 0 Å². The van der Waals surface area contributed by atoms with Crippen molar-refractivity contribution in [3.8, 4) is 0 Å². The number of rotatable bonds is 3. The van der Waals surface area contributed by atoms with Crippen molar-refractivity contribution in [2.75, 3.05) is 24.5 Å². The highest BCUT2D eigenvalue weighted by Crippen LogP contribution is 2.41. The van der Waals surface area contributed by atoms with Crippen LogP contribution in [0.1, 0.15) is 31.2 Å². The molecule has 0 radical (unpaired) electrons. The van der Waals surface area contributed by atoms with E-state index >= 15 is 0 Å². The van der Waals surface area contributed by atoms with E-state index in [1.807, 2.05) is 0 Å². The van der Waals surface area contributed by atoms with Gasteiger partial charge in [-0.05, 0) is 43.1 Å². The van der Waals surface area contributed by atoms with Crippen LogP contribution in [0.25, 0.3) is 0 Å². The minimum Gasteiger partial charge on any atom is -0.432 e. The number of fused-ring (bicyclic) bond motifs is 4. The maximum atomic E-state index is 5.58. The van der Waals surface area contributed by atoms with E-state index in [1.165, 1.54) is 44.2 Å². The Morgan fingerprint density at radius 3 is 2.84 bits per heavy atom. The zero-order chi connectivity index (χ0) is 16.6. The van der Waals surface area contributed by atoms with Gasteiger partial charge >= 0.3 is 0 Å². The van der Waals surface area contributed by atoms with Crippen molar-refractivity contribution in [3.05, 3.63) is 48.4 Å². The Labute approximate surface area is 149 Å². The number of aromatic nitrogens is 1. The van der Waals surface area contributed by atoms with Gasteiger partial charge in [0.1, 0.15) is 6.26 Å². The average molecular weight is 337 g/mol. The fourth-order valence-electron chi connectivity index (χ4n) is 5.55. The van der Waals surface area contributed by atoms with Crippen molar-refractivity contribution in [3.63, 3.8) is 0 Å². The molecule has 132 valence electrons. The summed E-state index contributed by atoms with van der Waals surface area (Å²) in [6, 6.07) is 13.3. The van der Waals surface area contributed by atoms with Gasteiger partial charge < -0.3 is 9.32 Å². The second-order valence-electron chi connectivity index (χ2n) is 8.12. The number of anilines is 1. The average Bonchev–Trinajstić information content (AvgIpc) is 3.18. The van der Waals surface area contributed by atoms with Crippen molar-refractivity contribution in [1.29, 1.82) is 0 Å². The molecule has 0 amide bonds. The van der Waals surface area contributed by atoms with Gasteiger partial charge in [-0.25, -0.2) is 4.98 Å². The second kappa shape index (κ2) is 6.49. The van der Waals surface area contributed by atoms with E-state index in [1.54, 1.807) is 12.5 Å². The largest absolute Gasteiger partial charge is 0.432 e. The molecule has 0 N–H and O–H groups in total. The minimum atomic E-state index is 0.722. The van der Waals surface area contributed by atoms with Gasteiger partial charge in [0.05, 0.1) is 6.20 Å². The third-order valence-corrected chi connectivity index (χ3v) is 6.52. The maximum Gasteiger partial charge on any atom is 0.297 e. The van der Waals surface area contributed by atoms with Crippen LogP contribution in [0.3, 0.4) is 0 Å². The smallest absolute Gasteiger partial charge is 0.297 e. The Morgan fingerprint density at radius 2 is 2.00 bits per heavy atom. The fourth-order valence-corrected chi connectivity index (χ4v) is 5.55. The molecule has 1 aromatic carbocycles. The number of oxazole rings is 1. The van der Waals surface area contributed by atoms with Crippen LogP contribution in [0, 0.1) is 11.8 Å². The lowest BCUT2D eigenvalue weighted by Gasteiger charge is -2.55. The summed E-state index contributed by atoms with van der Waals surface area (Å²) in [6.45, 7) is 3.45. The van der Waals surface area contributed by atoms with E-state index in [2.05, 4.69) is 45.1 Å². The van der Waals surface area contributed by atoms with Gasteiger partial charge in [0.25, 0.3) is 6.01 Å². The van der Waals surface area contributed by atoms with Gasteiger partial charge in [-0.3, -0.25) is 4.90 Å². The van der Waals surface area contributed by atoms with Crippen LogP contribution in [-0.2, 0) is 6.42 Å². The van der Waals surface area contributed by atoms with E-state index in [9.17, 15) is 0 Å². The van der Waals surface area contributed by atoms with E-state index < -0.39 is 0 Å².